The van der Waals surface area contributed by atoms with Crippen molar-refractivity contribution in [3.8, 4) is 57.5 Å². The van der Waals surface area contributed by atoms with Gasteiger partial charge in [-0.2, -0.15) is 5.90 Å². The number of methoxy groups -OCH3 is 7. The molecule has 12 aromatic rings. The van der Waals surface area contributed by atoms with Crippen molar-refractivity contribution in [3.05, 3.63) is 190 Å². The Labute approximate surface area is 701 Å². The number of amides is 2. The van der Waals surface area contributed by atoms with Crippen molar-refractivity contribution in [2.45, 2.75) is 89.0 Å². The molecule has 0 spiro atoms. The predicted molar refractivity (Wildman–Crippen MR) is 440 cm³/mol. The number of primary amides is 2. The standard InChI is InChI=1S/C27H29N5O10S2.C26H27N3O8S2.C25H26N4O7S2/c1-15-11-30-20(16(2)26(15)39-4)14-43(35)27-31-19-9-17(38-3)5-7-21(19)32(27)44(36,37)18-6-8-22(41-13-25(34)42-29)23(10-18)40-12-24(28)33;1-16-13-27-22(17(2)25(16)36-5)15-38(31)26-28-21-12-19(34-3)8-11-23(21)29(26)39(32,33)20-9-6-18(7-10-20)37-14-24(30)35-4;1-15-12-27-21(16(2)24(15)35-4)14-37(31)25-28-20-11-18(34-3)7-10-22(20)29(25)38(32,33)19-8-5-17(6-9-19)36-13-23(26)30/h5-11H,12-14,29H2,1-4H3,(H2,28,33);6-13H,14-15H2,1-5H3;5-12H,13-14H2,1-4H3,(H2,26,30). The van der Waals surface area contributed by atoms with E-state index in [0.717, 1.165) is 34.7 Å². The van der Waals surface area contributed by atoms with Crippen LogP contribution in [0.2, 0.25) is 0 Å². The summed E-state index contributed by atoms with van der Waals surface area (Å²) >= 11 is 0. The molecule has 37 nitrogen and oxygen atoms in total. The van der Waals surface area contributed by atoms with Crippen LogP contribution in [0.5, 0.6) is 57.5 Å². The number of pyridine rings is 3. The van der Waals surface area contributed by atoms with Gasteiger partial charge >= 0.3 is 11.9 Å². The first-order valence-corrected chi connectivity index (χ1v) is 43.8. The predicted octanol–water partition coefficient (Wildman–Crippen LogP) is 6.91. The minimum atomic E-state index is -4.54. The van der Waals surface area contributed by atoms with E-state index < -0.39 is 99.4 Å². The molecule has 0 fully saturated rings. The maximum Gasteiger partial charge on any atom is 0.362 e. The SMILES string of the molecule is COC(=O)COc1ccc(S(=O)(=O)n2c(S(=O)Cc3ncc(C)c(OC)c3C)nc3cc(OC)ccc32)cc1.COc1ccc2c(c1)nc(S(=O)Cc1ncc(C)c(OC)c1C)n2S(=O)(=O)c1ccc(OCC(=O)ON)c(OCC(N)=O)c1.COc1ccc2c(c1)nc(S(=O)Cc1ncc(C)c(OC)c1C)n2S(=O)(=O)c1ccc(OCC(N)=O)cc1. The third-order valence-electron chi connectivity index (χ3n) is 18.0. The summed E-state index contributed by atoms with van der Waals surface area (Å²) in [6.45, 7) is 8.96. The number of carbonyl (C=O) groups is 4. The van der Waals surface area contributed by atoms with E-state index in [2.05, 4.69) is 39.5 Å². The molecule has 2 amide bonds. The largest absolute Gasteiger partial charge is 0.497 e. The third kappa shape index (κ3) is 20.3. The smallest absolute Gasteiger partial charge is 0.362 e. The number of ether oxygens (including phenoxy) is 11. The van der Waals surface area contributed by atoms with Gasteiger partial charge in [0.25, 0.3) is 41.9 Å². The second-order valence-electron chi connectivity index (χ2n) is 25.9. The van der Waals surface area contributed by atoms with Gasteiger partial charge in [0.05, 0.1) is 164 Å². The second kappa shape index (κ2) is 39.0. The number of carbonyl (C=O) groups excluding carboxylic acids is 4. The maximum absolute atomic E-state index is 14.2. The van der Waals surface area contributed by atoms with Gasteiger partial charge in [0.2, 0.25) is 15.5 Å². The van der Waals surface area contributed by atoms with Crippen LogP contribution in [0.4, 0.5) is 0 Å². The molecule has 0 saturated carbocycles. The van der Waals surface area contributed by atoms with Crippen LogP contribution in [-0.2, 0) is 108 Å². The molecular formula is C78H82N12O25S6. The van der Waals surface area contributed by atoms with Crippen LogP contribution >= 0.6 is 0 Å². The lowest BCUT2D eigenvalue weighted by Gasteiger charge is -2.15. The Hall–Kier alpha value is -12.7. The molecule has 0 bridgehead atoms. The maximum atomic E-state index is 14.2. The van der Waals surface area contributed by atoms with Gasteiger partial charge in [0.1, 0.15) is 46.0 Å². The zero-order valence-corrected chi connectivity index (χ0v) is 72.0. The van der Waals surface area contributed by atoms with E-state index in [0.29, 0.717) is 79.3 Å². The molecule has 0 radical (unpaired) electrons. The molecule has 6 N–H and O–H groups in total. The topological polar surface area (TPSA) is 503 Å². The summed E-state index contributed by atoms with van der Waals surface area (Å²) in [5.41, 5.74) is 17.6. The van der Waals surface area contributed by atoms with Gasteiger partial charge in [-0.3, -0.25) is 37.2 Å². The van der Waals surface area contributed by atoms with E-state index in [1.54, 1.807) is 90.0 Å². The summed E-state index contributed by atoms with van der Waals surface area (Å²) in [5.74, 6) is 4.84. The lowest BCUT2D eigenvalue weighted by molar-refractivity contribution is -0.146. The second-order valence-corrected chi connectivity index (χ2v) is 35.3. The van der Waals surface area contributed by atoms with Crippen LogP contribution in [0.3, 0.4) is 0 Å². The molecule has 6 aromatic heterocycles. The van der Waals surface area contributed by atoms with Crippen molar-refractivity contribution < 1.29 is 114 Å². The summed E-state index contributed by atoms with van der Waals surface area (Å²) in [6.07, 6.45) is 4.81. The number of esters is 1. The zero-order chi connectivity index (χ0) is 88.1. The minimum Gasteiger partial charge on any atom is -0.497 e. The van der Waals surface area contributed by atoms with Crippen molar-refractivity contribution >= 4 is 119 Å². The number of nitrogens with two attached hydrogens (primary N) is 3. The molecule has 640 valence electrons. The number of aryl methyl sites for hydroxylation is 3. The Bertz CT molecular complexity index is 6400. The number of nitrogens with zero attached hydrogens (tertiary/aromatic N) is 9. The van der Waals surface area contributed by atoms with Gasteiger partial charge < -0.3 is 68.4 Å². The molecule has 0 saturated heterocycles. The molecule has 43 heteroatoms. The summed E-state index contributed by atoms with van der Waals surface area (Å²) < 4.78 is 186. The number of rotatable bonds is 33. The number of hydrogen-bond donors (Lipinski definition) is 3. The van der Waals surface area contributed by atoms with Crippen molar-refractivity contribution in [2.75, 3.05) is 76.2 Å². The fraction of sp³-hybridized carbons (Fsp3) is 0.256. The number of hydrogen-bond acceptors (Lipinski definition) is 32. The highest BCUT2D eigenvalue weighted by molar-refractivity contribution is 7.92. The van der Waals surface area contributed by atoms with Crippen LogP contribution < -0.4 is 64.7 Å². The highest BCUT2D eigenvalue weighted by Crippen LogP contribution is 2.38. The number of aromatic nitrogens is 9. The Balaban J connectivity index is 0.000000191. The quantitative estimate of drug-likeness (QED) is 0.0278. The molecule has 12 rings (SSSR count). The third-order valence-corrected chi connectivity index (χ3v) is 27.2. The van der Waals surface area contributed by atoms with Crippen molar-refractivity contribution in [1.82, 2.24) is 41.8 Å². The highest BCUT2D eigenvalue weighted by Gasteiger charge is 2.34. The lowest BCUT2D eigenvalue weighted by atomic mass is 10.1. The van der Waals surface area contributed by atoms with Gasteiger partial charge in [-0.1, -0.05) is 0 Å². The Morgan fingerprint density at radius 3 is 1.00 bits per heavy atom. The van der Waals surface area contributed by atoms with Crippen LogP contribution in [0.1, 0.15) is 50.5 Å². The summed E-state index contributed by atoms with van der Waals surface area (Å²) in [7, 11) is -8.68. The average molecular weight is 1780 g/mol. The van der Waals surface area contributed by atoms with Crippen LogP contribution in [-0.4, -0.2) is 180 Å². The molecule has 6 aromatic carbocycles. The molecule has 3 atom stereocenters. The van der Waals surface area contributed by atoms with Gasteiger partial charge in [-0.25, -0.2) is 61.7 Å². The fourth-order valence-electron chi connectivity index (χ4n) is 12.1. The van der Waals surface area contributed by atoms with Crippen LogP contribution in [0.25, 0.3) is 33.1 Å². The fourth-order valence-corrected chi connectivity index (χ4v) is 21.2. The Morgan fingerprint density at radius 2 is 0.678 bits per heavy atom. The van der Waals surface area contributed by atoms with E-state index in [-0.39, 0.29) is 106 Å². The van der Waals surface area contributed by atoms with E-state index in [9.17, 15) is 57.1 Å². The summed E-state index contributed by atoms with van der Waals surface area (Å²) in [5, 5.41) is -0.604. The number of imidazole rings is 3. The van der Waals surface area contributed by atoms with Crippen LogP contribution in [0, 0.1) is 41.5 Å². The van der Waals surface area contributed by atoms with E-state index in [1.165, 1.54) is 114 Å². The summed E-state index contributed by atoms with van der Waals surface area (Å²) in [4.78, 5) is 75.2. The van der Waals surface area contributed by atoms with Gasteiger partial charge in [-0.05, 0) is 139 Å². The van der Waals surface area contributed by atoms with Crippen molar-refractivity contribution in [3.63, 3.8) is 0 Å². The van der Waals surface area contributed by atoms with Gasteiger partial charge in [-0.15, -0.1) is 0 Å². The average Bonchev–Trinajstić information content (AvgIpc) is 1.61. The van der Waals surface area contributed by atoms with Gasteiger partial charge in [0, 0.05) is 76.2 Å². The van der Waals surface area contributed by atoms with Crippen LogP contribution in [0.15, 0.2) is 170 Å². The van der Waals surface area contributed by atoms with E-state index in [1.807, 2.05) is 20.8 Å². The van der Waals surface area contributed by atoms with Crippen molar-refractivity contribution in [2.24, 2.45) is 17.4 Å². The first kappa shape index (κ1) is 90.6. The Kier molecular flexibility index (Phi) is 29.2. The highest BCUT2D eigenvalue weighted by atomic mass is 32.2. The molecular weight excluding hydrogens is 1700 g/mol. The normalized spacial score (nSPS) is 12.2. The molecule has 121 heavy (non-hydrogen) atoms. The number of fused-ring (bicyclic) bond motifs is 3. The molecule has 3 unspecified atom stereocenters. The summed E-state index contributed by atoms with van der Waals surface area (Å²) in [6, 6.07) is 28.4. The lowest BCUT2D eigenvalue weighted by Crippen LogP contribution is -2.22. The molecule has 0 aliphatic rings. The number of benzene rings is 6. The Morgan fingerprint density at radius 1 is 0.372 bits per heavy atom. The molecule has 6 heterocycles. The van der Waals surface area contributed by atoms with Gasteiger partial charge in [0.15, 0.2) is 37.9 Å². The first-order chi connectivity index (χ1) is 57.6. The van der Waals surface area contributed by atoms with Crippen molar-refractivity contribution in [1.29, 1.82) is 0 Å². The zero-order valence-electron chi connectivity index (χ0n) is 67.1. The minimum absolute atomic E-state index is 0.0846. The molecule has 0 aliphatic heterocycles. The monoisotopic (exact) mass is 1780 g/mol. The van der Waals surface area contributed by atoms with E-state index in [4.69, 9.17) is 64.7 Å². The molecule has 0 aliphatic carbocycles. The first-order valence-electron chi connectivity index (χ1n) is 35.5. The van der Waals surface area contributed by atoms with E-state index >= 15 is 0 Å².